The Kier molecular flexibility index (Phi) is 5.92. The summed E-state index contributed by atoms with van der Waals surface area (Å²) in [5, 5.41) is 3.96. The van der Waals surface area contributed by atoms with Crippen LogP contribution in [0.25, 0.3) is 5.69 Å². The van der Waals surface area contributed by atoms with Gasteiger partial charge in [0.2, 0.25) is 5.43 Å². The van der Waals surface area contributed by atoms with Gasteiger partial charge >= 0.3 is 6.18 Å². The number of nitrogens with zero attached hydrogens (tertiary/aromatic N) is 3. The molecule has 0 N–H and O–H groups in total. The van der Waals surface area contributed by atoms with Crippen molar-refractivity contribution in [3.63, 3.8) is 0 Å². The van der Waals surface area contributed by atoms with Gasteiger partial charge in [-0.15, -0.1) is 0 Å². The lowest BCUT2D eigenvalue weighted by molar-refractivity contribution is -0.137. The van der Waals surface area contributed by atoms with Crippen molar-refractivity contribution in [3.05, 3.63) is 92.9 Å². The Morgan fingerprint density at radius 1 is 1.10 bits per heavy atom. The van der Waals surface area contributed by atoms with Crippen molar-refractivity contribution in [2.24, 2.45) is 0 Å². The number of carbonyl (C=O) groups is 1. The van der Waals surface area contributed by atoms with E-state index in [1.807, 2.05) is 0 Å². The van der Waals surface area contributed by atoms with Gasteiger partial charge in [0.25, 0.3) is 5.91 Å². The molecule has 2 aromatic carbocycles. The van der Waals surface area contributed by atoms with E-state index in [2.05, 4.69) is 5.10 Å². The minimum Gasteiger partial charge on any atom is -0.336 e. The van der Waals surface area contributed by atoms with Gasteiger partial charge < -0.3 is 4.90 Å². The van der Waals surface area contributed by atoms with Crippen LogP contribution in [0.15, 0.2) is 53.3 Å². The number of rotatable bonds is 4. The average molecular weight is 437 g/mol. The van der Waals surface area contributed by atoms with Crippen LogP contribution in [0.1, 0.15) is 27.3 Å². The summed E-state index contributed by atoms with van der Waals surface area (Å²) in [6.45, 7) is 1.18. The molecule has 0 aliphatic heterocycles. The van der Waals surface area contributed by atoms with Gasteiger partial charge in [0.1, 0.15) is 11.6 Å². The summed E-state index contributed by atoms with van der Waals surface area (Å²) in [5.74, 6) is -2.51. The van der Waals surface area contributed by atoms with Crippen LogP contribution >= 0.6 is 0 Å². The quantitative estimate of drug-likeness (QED) is 0.578. The summed E-state index contributed by atoms with van der Waals surface area (Å²) in [6.07, 6.45) is -4.58. The fourth-order valence-corrected chi connectivity index (χ4v) is 2.93. The Balaban J connectivity index is 1.97. The molecular weight excluding hydrogens is 421 g/mol. The third-order valence-electron chi connectivity index (χ3n) is 4.50. The lowest BCUT2D eigenvalue weighted by Crippen LogP contribution is -2.33. The highest BCUT2D eigenvalue weighted by molar-refractivity contribution is 5.91. The molecule has 1 aromatic heterocycles. The summed E-state index contributed by atoms with van der Waals surface area (Å²) < 4.78 is 67.1. The Labute approximate surface area is 173 Å². The van der Waals surface area contributed by atoms with E-state index in [-0.39, 0.29) is 23.5 Å². The first-order chi connectivity index (χ1) is 14.5. The first-order valence-corrected chi connectivity index (χ1v) is 8.95. The Morgan fingerprint density at radius 3 is 2.45 bits per heavy atom. The molecule has 0 radical (unpaired) electrons. The van der Waals surface area contributed by atoms with E-state index in [4.69, 9.17) is 0 Å². The number of amides is 1. The van der Waals surface area contributed by atoms with Crippen LogP contribution in [0, 0.1) is 18.6 Å². The molecule has 0 aliphatic carbocycles. The molecular formula is C21H16F5N3O2. The summed E-state index contributed by atoms with van der Waals surface area (Å²) in [4.78, 5) is 26.1. The maximum Gasteiger partial charge on any atom is 0.416 e. The molecule has 0 saturated heterocycles. The SMILES string of the molecule is Cc1cc(=O)c(C(=O)N(C)Cc2ccc(F)cc2F)nn1-c1cccc(C(F)(F)F)c1. The van der Waals surface area contributed by atoms with Gasteiger partial charge in [0, 0.05) is 37.0 Å². The van der Waals surface area contributed by atoms with E-state index in [0.717, 1.165) is 39.9 Å². The fourth-order valence-electron chi connectivity index (χ4n) is 2.93. The maximum absolute atomic E-state index is 13.9. The van der Waals surface area contributed by atoms with Crippen molar-refractivity contribution in [1.82, 2.24) is 14.7 Å². The molecule has 0 bridgehead atoms. The van der Waals surface area contributed by atoms with Crippen LogP contribution in [0.3, 0.4) is 0 Å². The highest BCUT2D eigenvalue weighted by Gasteiger charge is 2.30. The number of aryl methyl sites for hydroxylation is 1. The normalized spacial score (nSPS) is 11.5. The zero-order chi connectivity index (χ0) is 22.9. The predicted octanol–water partition coefficient (Wildman–Crippen LogP) is 4.11. The molecule has 0 spiro atoms. The van der Waals surface area contributed by atoms with E-state index in [1.54, 1.807) is 0 Å². The summed E-state index contributed by atoms with van der Waals surface area (Å²) >= 11 is 0. The van der Waals surface area contributed by atoms with Gasteiger partial charge in [-0.25, -0.2) is 13.5 Å². The Morgan fingerprint density at radius 2 is 1.81 bits per heavy atom. The number of alkyl halides is 3. The van der Waals surface area contributed by atoms with Crippen LogP contribution < -0.4 is 5.43 Å². The van der Waals surface area contributed by atoms with Crippen LogP contribution in [0.2, 0.25) is 0 Å². The number of hydrogen-bond donors (Lipinski definition) is 0. The van der Waals surface area contributed by atoms with Gasteiger partial charge in [-0.05, 0) is 31.2 Å². The largest absolute Gasteiger partial charge is 0.416 e. The molecule has 0 unspecified atom stereocenters. The number of aromatic nitrogens is 2. The van der Waals surface area contributed by atoms with Gasteiger partial charge in [-0.2, -0.15) is 18.3 Å². The zero-order valence-corrected chi connectivity index (χ0v) is 16.4. The van der Waals surface area contributed by atoms with Gasteiger partial charge in [-0.3, -0.25) is 9.59 Å². The molecule has 0 fully saturated rings. The number of benzene rings is 2. The van der Waals surface area contributed by atoms with E-state index < -0.39 is 40.4 Å². The highest BCUT2D eigenvalue weighted by Crippen LogP contribution is 2.30. The van der Waals surface area contributed by atoms with E-state index in [1.165, 1.54) is 26.1 Å². The molecule has 0 aliphatic rings. The van der Waals surface area contributed by atoms with Crippen LogP contribution in [0.5, 0.6) is 0 Å². The second-order valence-electron chi connectivity index (χ2n) is 6.86. The smallest absolute Gasteiger partial charge is 0.336 e. The Hall–Kier alpha value is -3.56. The Bertz CT molecular complexity index is 1200. The van der Waals surface area contributed by atoms with Crippen molar-refractivity contribution in [3.8, 4) is 5.69 Å². The number of carbonyl (C=O) groups excluding carboxylic acids is 1. The van der Waals surface area contributed by atoms with E-state index >= 15 is 0 Å². The molecule has 0 saturated carbocycles. The first kappa shape index (κ1) is 22.1. The highest BCUT2D eigenvalue weighted by atomic mass is 19.4. The topological polar surface area (TPSA) is 55.2 Å². The molecule has 3 aromatic rings. The minimum atomic E-state index is -4.58. The van der Waals surface area contributed by atoms with Gasteiger partial charge in [0.05, 0.1) is 11.3 Å². The monoisotopic (exact) mass is 437 g/mol. The molecule has 10 heteroatoms. The van der Waals surface area contributed by atoms with E-state index in [9.17, 15) is 31.5 Å². The van der Waals surface area contributed by atoms with Crippen LogP contribution in [-0.4, -0.2) is 27.6 Å². The average Bonchev–Trinajstić information content (AvgIpc) is 2.69. The molecule has 5 nitrogen and oxygen atoms in total. The maximum atomic E-state index is 13.9. The number of hydrogen-bond acceptors (Lipinski definition) is 3. The summed E-state index contributed by atoms with van der Waals surface area (Å²) in [5.41, 5.74) is -1.96. The molecule has 1 heterocycles. The van der Waals surface area contributed by atoms with Crippen molar-refractivity contribution in [2.45, 2.75) is 19.6 Å². The van der Waals surface area contributed by atoms with Crippen molar-refractivity contribution in [1.29, 1.82) is 0 Å². The van der Waals surface area contributed by atoms with E-state index in [0.29, 0.717) is 6.07 Å². The fraction of sp³-hybridized carbons (Fsp3) is 0.190. The van der Waals surface area contributed by atoms with Gasteiger partial charge in [-0.1, -0.05) is 12.1 Å². The summed E-state index contributed by atoms with van der Waals surface area (Å²) in [7, 11) is 1.29. The molecule has 1 amide bonds. The van der Waals surface area contributed by atoms with Crippen LogP contribution in [0.4, 0.5) is 22.0 Å². The zero-order valence-electron chi connectivity index (χ0n) is 16.4. The van der Waals surface area contributed by atoms with Gasteiger partial charge in [0.15, 0.2) is 5.69 Å². The van der Waals surface area contributed by atoms with Crippen LogP contribution in [-0.2, 0) is 12.7 Å². The molecule has 162 valence electrons. The lowest BCUT2D eigenvalue weighted by Gasteiger charge is -2.18. The molecule has 3 rings (SSSR count). The first-order valence-electron chi connectivity index (χ1n) is 8.95. The standard InChI is InChI=1S/C21H16F5N3O2/c1-12-8-18(30)19(20(31)28(2)11-13-6-7-15(22)10-17(13)23)27-29(12)16-5-3-4-14(9-16)21(24,25)26/h3-10H,11H2,1-2H3. The lowest BCUT2D eigenvalue weighted by atomic mass is 10.2. The molecule has 0 atom stereocenters. The third kappa shape index (κ3) is 4.79. The van der Waals surface area contributed by atoms with Crippen molar-refractivity contribution in [2.75, 3.05) is 7.05 Å². The molecule has 31 heavy (non-hydrogen) atoms. The predicted molar refractivity (Wildman–Crippen MR) is 102 cm³/mol. The third-order valence-corrected chi connectivity index (χ3v) is 4.50. The van der Waals surface area contributed by atoms with Crippen molar-refractivity contribution < 1.29 is 26.7 Å². The minimum absolute atomic E-state index is 0.00797. The van der Waals surface area contributed by atoms with Crippen molar-refractivity contribution >= 4 is 5.91 Å². The second-order valence-corrected chi connectivity index (χ2v) is 6.86. The second kappa shape index (κ2) is 8.29. The number of halogens is 5. The summed E-state index contributed by atoms with van der Waals surface area (Å²) in [6, 6.07) is 8.20.